The van der Waals surface area contributed by atoms with Crippen LogP contribution in [0.5, 0.6) is 11.9 Å². The average molecular weight is 593 g/mol. The molecule has 3 aliphatic heterocycles. The zero-order valence-corrected chi connectivity index (χ0v) is 24.9. The molecule has 0 spiro atoms. The molecule has 2 fully saturated rings. The summed E-state index contributed by atoms with van der Waals surface area (Å²) < 4.78 is 13.0. The Hall–Kier alpha value is -4.69. The van der Waals surface area contributed by atoms with E-state index in [0.717, 1.165) is 64.4 Å². The number of carbonyl (C=O) groups excluding carboxylic acids is 1. The Kier molecular flexibility index (Phi) is 7.52. The molecule has 1 N–H and O–H groups in total. The van der Waals surface area contributed by atoms with Gasteiger partial charge in [-0.15, -0.1) is 0 Å². The Morgan fingerprint density at radius 1 is 1.20 bits per heavy atom. The minimum atomic E-state index is -0.272. The van der Waals surface area contributed by atoms with Crippen LogP contribution in [-0.2, 0) is 11.2 Å². The van der Waals surface area contributed by atoms with E-state index in [1.165, 1.54) is 6.08 Å². The lowest BCUT2D eigenvalue weighted by Gasteiger charge is -2.41. The maximum atomic E-state index is 12.6. The third-order valence-corrected chi connectivity index (χ3v) is 9.32. The molecule has 0 bridgehead atoms. The average Bonchev–Trinajstić information content (AvgIpc) is 3.71. The quantitative estimate of drug-likeness (QED) is 0.315. The number of likely N-dealkylation sites (tertiary alicyclic amines) is 1. The summed E-state index contributed by atoms with van der Waals surface area (Å²) in [6, 6.07) is 13.1. The number of piperazine rings is 1. The first kappa shape index (κ1) is 28.1. The highest BCUT2D eigenvalue weighted by Crippen LogP contribution is 2.42. The van der Waals surface area contributed by atoms with Crippen LogP contribution in [0.25, 0.3) is 21.7 Å². The van der Waals surface area contributed by atoms with Gasteiger partial charge in [0.1, 0.15) is 18.5 Å². The molecule has 2 unspecified atom stereocenters. The molecular formula is C33H36N8O3. The zero-order valence-electron chi connectivity index (χ0n) is 24.9. The third-order valence-electron chi connectivity index (χ3n) is 9.32. The van der Waals surface area contributed by atoms with Crippen molar-refractivity contribution >= 4 is 33.4 Å². The van der Waals surface area contributed by atoms with Gasteiger partial charge in [-0.25, -0.2) is 0 Å². The van der Waals surface area contributed by atoms with E-state index < -0.39 is 0 Å². The first-order valence-corrected chi connectivity index (χ1v) is 15.3. The molecule has 4 aromatic rings. The van der Waals surface area contributed by atoms with Gasteiger partial charge in [0.25, 0.3) is 0 Å². The van der Waals surface area contributed by atoms with Crippen molar-refractivity contribution < 1.29 is 14.3 Å². The van der Waals surface area contributed by atoms with E-state index in [1.54, 1.807) is 4.90 Å². The van der Waals surface area contributed by atoms with Crippen LogP contribution < -0.4 is 14.4 Å². The molecule has 2 aromatic carbocycles. The van der Waals surface area contributed by atoms with Crippen LogP contribution in [0.2, 0.25) is 0 Å². The topological polar surface area (TPSA) is 124 Å². The first-order valence-electron chi connectivity index (χ1n) is 15.3. The highest BCUT2D eigenvalue weighted by molar-refractivity contribution is 6.07. The standard InChI is InChI=1S/C33H36N8O3/c1-3-29(42)41-17-16-40(19-22(41)13-14-34)31-25-10-12-28(24-8-4-6-21-9-11-27-26(30(21)24)18-35-38-27)44-32(25)37-33(36-31)43-20-23-7-5-15-39(23)2/h3-4,6,8-9,11,18,22-23,28H,1,5,7,10,12-13,15-17,19-20H2,2H3,(H,35,38)/t22-,23?,28?/m0/s1. The van der Waals surface area contributed by atoms with Crippen LogP contribution in [0.4, 0.5) is 5.82 Å². The Balaban J connectivity index is 1.24. The van der Waals surface area contributed by atoms with Crippen LogP contribution in [0.1, 0.15) is 42.9 Å². The fourth-order valence-electron chi connectivity index (χ4n) is 6.96. The molecule has 3 atom stereocenters. The molecule has 3 aliphatic rings. The largest absolute Gasteiger partial charge is 0.469 e. The second-order valence-corrected chi connectivity index (χ2v) is 11.9. The number of fused-ring (bicyclic) bond motifs is 4. The monoisotopic (exact) mass is 592 g/mol. The van der Waals surface area contributed by atoms with Crippen molar-refractivity contribution in [2.45, 2.75) is 50.3 Å². The van der Waals surface area contributed by atoms with Crippen LogP contribution >= 0.6 is 0 Å². The highest BCUT2D eigenvalue weighted by Gasteiger charge is 2.35. The number of anilines is 1. The molecule has 0 aliphatic carbocycles. The summed E-state index contributed by atoms with van der Waals surface area (Å²) in [5.74, 6) is 1.12. The van der Waals surface area contributed by atoms with Gasteiger partial charge < -0.3 is 24.2 Å². The van der Waals surface area contributed by atoms with E-state index in [0.29, 0.717) is 44.6 Å². The number of aromatic amines is 1. The van der Waals surface area contributed by atoms with Gasteiger partial charge in [-0.2, -0.15) is 20.3 Å². The minimum absolute atomic E-state index is 0.160. The van der Waals surface area contributed by atoms with E-state index in [2.05, 4.69) is 70.0 Å². The van der Waals surface area contributed by atoms with Crippen molar-refractivity contribution in [3.8, 4) is 18.0 Å². The smallest absolute Gasteiger partial charge is 0.321 e. The van der Waals surface area contributed by atoms with E-state index >= 15 is 0 Å². The number of benzene rings is 2. The predicted molar refractivity (Wildman–Crippen MR) is 167 cm³/mol. The van der Waals surface area contributed by atoms with Crippen molar-refractivity contribution in [1.29, 1.82) is 5.26 Å². The highest BCUT2D eigenvalue weighted by atomic mass is 16.5. The maximum Gasteiger partial charge on any atom is 0.321 e. The SMILES string of the molecule is C=CC(=O)N1CCN(c2nc(OCC3CCCN3C)nc3c2CCC(c2cccc4ccc5[nH]ncc5c24)O3)C[C@@H]1CC#N. The normalized spacial score (nSPS) is 22.0. The molecule has 0 radical (unpaired) electrons. The molecule has 226 valence electrons. The Labute approximate surface area is 256 Å². The third kappa shape index (κ3) is 5.09. The van der Waals surface area contributed by atoms with Gasteiger partial charge >= 0.3 is 6.01 Å². The number of hydrogen-bond acceptors (Lipinski definition) is 9. The molecule has 7 rings (SSSR count). The molecule has 1 amide bonds. The number of rotatable bonds is 7. The summed E-state index contributed by atoms with van der Waals surface area (Å²) >= 11 is 0. The fraction of sp³-hybridized carbons (Fsp3) is 0.424. The summed E-state index contributed by atoms with van der Waals surface area (Å²) in [6.07, 6.45) is 6.89. The van der Waals surface area contributed by atoms with Gasteiger partial charge in [0.2, 0.25) is 11.8 Å². The number of likely N-dealkylation sites (N-methyl/N-ethyl adjacent to an activating group) is 1. The first-order chi connectivity index (χ1) is 21.5. The maximum absolute atomic E-state index is 12.6. The van der Waals surface area contributed by atoms with Crippen molar-refractivity contribution in [3.05, 3.63) is 60.3 Å². The van der Waals surface area contributed by atoms with Crippen molar-refractivity contribution in [3.63, 3.8) is 0 Å². The second kappa shape index (κ2) is 11.8. The number of amides is 1. The van der Waals surface area contributed by atoms with Gasteiger partial charge in [-0.3, -0.25) is 9.89 Å². The number of aromatic nitrogens is 4. The van der Waals surface area contributed by atoms with Crippen LogP contribution in [0, 0.1) is 11.3 Å². The van der Waals surface area contributed by atoms with Crippen molar-refractivity contribution in [2.24, 2.45) is 0 Å². The van der Waals surface area contributed by atoms with Gasteiger partial charge in [-0.05, 0) is 62.2 Å². The Bertz CT molecular complexity index is 1760. The second-order valence-electron chi connectivity index (χ2n) is 11.9. The number of H-pyrrole nitrogens is 1. The van der Waals surface area contributed by atoms with E-state index in [4.69, 9.17) is 19.4 Å². The number of hydrogen-bond donors (Lipinski definition) is 1. The number of carbonyl (C=O) groups is 1. The van der Waals surface area contributed by atoms with Crippen LogP contribution in [0.15, 0.2) is 49.2 Å². The summed E-state index contributed by atoms with van der Waals surface area (Å²) in [7, 11) is 2.12. The van der Waals surface area contributed by atoms with Gasteiger partial charge in [0, 0.05) is 36.6 Å². The lowest BCUT2D eigenvalue weighted by Crippen LogP contribution is -2.55. The van der Waals surface area contributed by atoms with Crippen molar-refractivity contribution in [1.82, 2.24) is 30.0 Å². The Morgan fingerprint density at radius 2 is 2.11 bits per heavy atom. The molecule has 2 saturated heterocycles. The van der Waals surface area contributed by atoms with Crippen LogP contribution in [0.3, 0.4) is 0 Å². The van der Waals surface area contributed by atoms with Crippen LogP contribution in [-0.4, -0.2) is 87.8 Å². The molecule has 0 saturated carbocycles. The lowest BCUT2D eigenvalue weighted by atomic mass is 9.93. The number of nitrogens with zero attached hydrogens (tertiary/aromatic N) is 7. The molecule has 44 heavy (non-hydrogen) atoms. The number of nitriles is 1. The number of ether oxygens (including phenoxy) is 2. The van der Waals surface area contributed by atoms with Gasteiger partial charge in [-0.1, -0.05) is 30.8 Å². The lowest BCUT2D eigenvalue weighted by molar-refractivity contribution is -0.128. The van der Waals surface area contributed by atoms with Crippen molar-refractivity contribution in [2.75, 3.05) is 44.7 Å². The Morgan fingerprint density at radius 3 is 2.93 bits per heavy atom. The molecular weight excluding hydrogens is 556 g/mol. The molecule has 11 heteroatoms. The fourth-order valence-corrected chi connectivity index (χ4v) is 6.96. The summed E-state index contributed by atoms with van der Waals surface area (Å²) in [4.78, 5) is 28.5. The molecule has 2 aromatic heterocycles. The van der Waals surface area contributed by atoms with E-state index in [9.17, 15) is 10.1 Å². The van der Waals surface area contributed by atoms with E-state index in [-0.39, 0.29) is 30.5 Å². The molecule has 5 heterocycles. The molecule has 11 nitrogen and oxygen atoms in total. The predicted octanol–water partition coefficient (Wildman–Crippen LogP) is 4.16. The summed E-state index contributed by atoms with van der Waals surface area (Å²) in [6.45, 7) is 6.72. The minimum Gasteiger partial charge on any atom is -0.469 e. The van der Waals surface area contributed by atoms with E-state index in [1.807, 2.05) is 6.20 Å². The zero-order chi connectivity index (χ0) is 30.2. The van der Waals surface area contributed by atoms with Gasteiger partial charge in [0.05, 0.1) is 35.8 Å². The van der Waals surface area contributed by atoms with Gasteiger partial charge in [0.15, 0.2) is 0 Å². The number of nitrogens with one attached hydrogen (secondary N) is 1. The summed E-state index contributed by atoms with van der Waals surface area (Å²) in [5, 5.41) is 20.2. The summed E-state index contributed by atoms with van der Waals surface area (Å²) in [5.41, 5.74) is 3.01.